The van der Waals surface area contributed by atoms with Gasteiger partial charge in [0.25, 0.3) is 0 Å². The van der Waals surface area contributed by atoms with E-state index in [9.17, 15) is 0 Å². The van der Waals surface area contributed by atoms with Gasteiger partial charge in [-0.15, -0.1) is 0 Å². The lowest BCUT2D eigenvalue weighted by atomic mass is 10.1. The lowest BCUT2D eigenvalue weighted by Gasteiger charge is -2.06. The predicted octanol–water partition coefficient (Wildman–Crippen LogP) is 5.90. The minimum absolute atomic E-state index is 0.732. The highest BCUT2D eigenvalue weighted by Gasteiger charge is 2.08. The highest BCUT2D eigenvalue weighted by atomic mass is 32.1. The topological polar surface area (TPSA) is 56.3 Å². The summed E-state index contributed by atoms with van der Waals surface area (Å²) in [6.07, 6.45) is 4.54. The fraction of sp³-hybridized carbons (Fsp3) is 0.182. The van der Waals surface area contributed by atoms with Gasteiger partial charge in [-0.05, 0) is 54.4 Å². The van der Waals surface area contributed by atoms with E-state index in [2.05, 4.69) is 34.3 Å². The molecule has 0 bridgehead atoms. The summed E-state index contributed by atoms with van der Waals surface area (Å²) in [5, 5.41) is 4.23. The van der Waals surface area contributed by atoms with Gasteiger partial charge in [-0.3, -0.25) is 4.98 Å². The summed E-state index contributed by atoms with van der Waals surface area (Å²) in [7, 11) is 1.65. The van der Waals surface area contributed by atoms with Crippen LogP contribution in [0.1, 0.15) is 13.3 Å². The van der Waals surface area contributed by atoms with Crippen LogP contribution in [0.3, 0.4) is 0 Å². The Hall–Kier alpha value is -3.12. The van der Waals surface area contributed by atoms with Gasteiger partial charge >= 0.3 is 0 Å². The van der Waals surface area contributed by atoms with Crippen LogP contribution in [0.15, 0.2) is 60.9 Å². The summed E-state index contributed by atoms with van der Waals surface area (Å²) < 4.78 is 12.0. The summed E-state index contributed by atoms with van der Waals surface area (Å²) >= 11 is 1.62. The van der Waals surface area contributed by atoms with E-state index in [1.54, 1.807) is 24.6 Å². The minimum Gasteiger partial charge on any atom is -0.495 e. The molecule has 0 aliphatic rings. The summed E-state index contributed by atoms with van der Waals surface area (Å²) in [4.78, 5) is 8.92. The lowest BCUT2D eigenvalue weighted by molar-refractivity contribution is 0.317. The van der Waals surface area contributed by atoms with E-state index in [-0.39, 0.29) is 0 Å². The third-order valence-corrected chi connectivity index (χ3v) is 5.18. The molecule has 0 aliphatic carbocycles. The molecule has 4 rings (SSSR count). The molecule has 0 aliphatic heterocycles. The first-order chi connectivity index (χ1) is 13.7. The molecule has 6 heteroatoms. The zero-order valence-electron chi connectivity index (χ0n) is 15.8. The number of ether oxygens (including phenoxy) is 2. The molecule has 1 N–H and O–H groups in total. The molecule has 0 saturated heterocycles. The Bertz CT molecular complexity index is 1080. The number of thiazole rings is 1. The molecule has 0 atom stereocenters. The molecule has 0 spiro atoms. The third kappa shape index (κ3) is 4.07. The lowest BCUT2D eigenvalue weighted by Crippen LogP contribution is -1.95. The monoisotopic (exact) mass is 391 g/mol. The summed E-state index contributed by atoms with van der Waals surface area (Å²) in [5.41, 5.74) is 4.06. The Morgan fingerprint density at radius 2 is 1.82 bits per heavy atom. The second kappa shape index (κ2) is 8.27. The molecule has 0 radical (unpaired) electrons. The number of nitrogens with one attached hydrogen (secondary N) is 1. The van der Waals surface area contributed by atoms with E-state index < -0.39 is 0 Å². The normalized spacial score (nSPS) is 10.8. The molecule has 0 saturated carbocycles. The smallest absolute Gasteiger partial charge is 0.188 e. The van der Waals surface area contributed by atoms with Crippen LogP contribution >= 0.6 is 11.3 Å². The second-order valence-electron chi connectivity index (χ2n) is 6.31. The van der Waals surface area contributed by atoms with Crippen molar-refractivity contribution in [3.63, 3.8) is 0 Å². The first kappa shape index (κ1) is 18.3. The summed E-state index contributed by atoms with van der Waals surface area (Å²) in [5.74, 6) is 1.63. The van der Waals surface area contributed by atoms with Gasteiger partial charge in [-0.1, -0.05) is 24.3 Å². The second-order valence-corrected chi connectivity index (χ2v) is 7.34. The van der Waals surface area contributed by atoms with Crippen LogP contribution in [0.5, 0.6) is 11.5 Å². The summed E-state index contributed by atoms with van der Waals surface area (Å²) in [6.45, 7) is 2.83. The molecule has 2 heterocycles. The van der Waals surface area contributed by atoms with Gasteiger partial charge in [0.2, 0.25) is 0 Å². The van der Waals surface area contributed by atoms with Crippen molar-refractivity contribution in [3.8, 4) is 22.6 Å². The SMILES string of the molecule is CCCOc1ccc(Nc2nc3ccc(-c4cncc(OC)c4)cc3s2)cc1. The maximum atomic E-state index is 5.63. The van der Waals surface area contributed by atoms with Gasteiger partial charge in [-0.2, -0.15) is 0 Å². The zero-order chi connectivity index (χ0) is 19.3. The highest BCUT2D eigenvalue weighted by Crippen LogP contribution is 2.32. The minimum atomic E-state index is 0.732. The van der Waals surface area contributed by atoms with Crippen molar-refractivity contribution in [3.05, 3.63) is 60.9 Å². The molecule has 28 heavy (non-hydrogen) atoms. The average Bonchev–Trinajstić information content (AvgIpc) is 3.14. The summed E-state index contributed by atoms with van der Waals surface area (Å²) in [6, 6.07) is 16.2. The molecule has 4 aromatic rings. The Kier molecular flexibility index (Phi) is 5.39. The molecular weight excluding hydrogens is 370 g/mol. The number of pyridine rings is 1. The first-order valence-electron chi connectivity index (χ1n) is 9.15. The Labute approximate surface area is 168 Å². The van der Waals surface area contributed by atoms with Crippen LogP contribution < -0.4 is 14.8 Å². The van der Waals surface area contributed by atoms with Gasteiger partial charge in [0.15, 0.2) is 5.13 Å². The van der Waals surface area contributed by atoms with Crippen LogP contribution in [-0.4, -0.2) is 23.7 Å². The fourth-order valence-corrected chi connectivity index (χ4v) is 3.75. The number of fused-ring (bicyclic) bond motifs is 1. The van der Waals surface area contributed by atoms with Gasteiger partial charge in [0, 0.05) is 17.4 Å². The predicted molar refractivity (Wildman–Crippen MR) is 115 cm³/mol. The third-order valence-electron chi connectivity index (χ3n) is 4.25. The Morgan fingerprint density at radius 3 is 2.61 bits per heavy atom. The molecule has 0 unspecified atom stereocenters. The van der Waals surface area contributed by atoms with Crippen molar-refractivity contribution in [2.24, 2.45) is 0 Å². The van der Waals surface area contributed by atoms with E-state index in [0.717, 1.165) is 56.7 Å². The van der Waals surface area contributed by atoms with E-state index >= 15 is 0 Å². The van der Waals surface area contributed by atoms with Gasteiger partial charge in [0.05, 0.1) is 30.1 Å². The van der Waals surface area contributed by atoms with E-state index in [4.69, 9.17) is 9.47 Å². The van der Waals surface area contributed by atoms with E-state index in [1.807, 2.05) is 42.6 Å². The maximum absolute atomic E-state index is 5.63. The molecule has 0 amide bonds. The van der Waals surface area contributed by atoms with Crippen molar-refractivity contribution in [1.82, 2.24) is 9.97 Å². The number of anilines is 2. The molecule has 0 fully saturated rings. The van der Waals surface area contributed by atoms with E-state index in [1.165, 1.54) is 0 Å². The first-order valence-corrected chi connectivity index (χ1v) is 9.96. The zero-order valence-corrected chi connectivity index (χ0v) is 16.6. The quantitative estimate of drug-likeness (QED) is 0.425. The number of methoxy groups -OCH3 is 1. The van der Waals surface area contributed by atoms with Crippen LogP contribution in [0.2, 0.25) is 0 Å². The maximum Gasteiger partial charge on any atom is 0.188 e. The number of aromatic nitrogens is 2. The largest absolute Gasteiger partial charge is 0.495 e. The van der Waals surface area contributed by atoms with Crippen molar-refractivity contribution >= 4 is 32.4 Å². The van der Waals surface area contributed by atoms with Crippen LogP contribution in [0, 0.1) is 0 Å². The highest BCUT2D eigenvalue weighted by molar-refractivity contribution is 7.22. The van der Waals surface area contributed by atoms with Crippen molar-refractivity contribution in [2.45, 2.75) is 13.3 Å². The van der Waals surface area contributed by atoms with Gasteiger partial charge in [-0.25, -0.2) is 4.98 Å². The van der Waals surface area contributed by atoms with Gasteiger partial charge < -0.3 is 14.8 Å². The number of benzene rings is 2. The number of hydrogen-bond donors (Lipinski definition) is 1. The van der Waals surface area contributed by atoms with Gasteiger partial charge in [0.1, 0.15) is 11.5 Å². The molecular formula is C22H21N3O2S. The van der Waals surface area contributed by atoms with Crippen molar-refractivity contribution in [1.29, 1.82) is 0 Å². The van der Waals surface area contributed by atoms with Crippen molar-refractivity contribution in [2.75, 3.05) is 19.0 Å². The molecule has 142 valence electrons. The van der Waals surface area contributed by atoms with Crippen molar-refractivity contribution < 1.29 is 9.47 Å². The number of rotatable bonds is 7. The Balaban J connectivity index is 1.54. The molecule has 2 aromatic heterocycles. The molecule has 5 nitrogen and oxygen atoms in total. The van der Waals surface area contributed by atoms with Crippen LogP contribution in [-0.2, 0) is 0 Å². The van der Waals surface area contributed by atoms with E-state index in [0.29, 0.717) is 0 Å². The fourth-order valence-electron chi connectivity index (χ4n) is 2.82. The number of nitrogens with zero attached hydrogens (tertiary/aromatic N) is 2. The average molecular weight is 391 g/mol. The van der Waals surface area contributed by atoms with Crippen LogP contribution in [0.4, 0.5) is 10.8 Å². The number of hydrogen-bond acceptors (Lipinski definition) is 6. The molecule has 2 aromatic carbocycles. The van der Waals surface area contributed by atoms with Crippen LogP contribution in [0.25, 0.3) is 21.3 Å². The standard InChI is InChI=1S/C22H21N3O2S/c1-3-10-27-18-7-5-17(6-8-18)24-22-25-20-9-4-15(12-21(20)28-22)16-11-19(26-2)14-23-13-16/h4-9,11-14H,3,10H2,1-2H3,(H,24,25). The Morgan fingerprint density at radius 1 is 0.964 bits per heavy atom.